The van der Waals surface area contributed by atoms with Crippen LogP contribution in [0.2, 0.25) is 0 Å². The topological polar surface area (TPSA) is 44.1 Å². The number of fused-ring (bicyclic) bond motifs is 1. The first-order chi connectivity index (χ1) is 11.6. The van der Waals surface area contributed by atoms with Crippen molar-refractivity contribution in [3.63, 3.8) is 0 Å². The highest BCUT2D eigenvalue weighted by atomic mass is 16.5. The molecule has 0 amide bonds. The van der Waals surface area contributed by atoms with Crippen LogP contribution in [0.3, 0.4) is 0 Å². The fourth-order valence-electron chi connectivity index (χ4n) is 3.37. The van der Waals surface area contributed by atoms with Gasteiger partial charge >= 0.3 is 5.69 Å². The van der Waals surface area contributed by atoms with Crippen LogP contribution >= 0.6 is 0 Å². The molecular weight excluding hydrogens is 300 g/mol. The van der Waals surface area contributed by atoms with Crippen molar-refractivity contribution in [1.29, 1.82) is 0 Å². The zero-order chi connectivity index (χ0) is 16.8. The second kappa shape index (κ2) is 5.48. The molecule has 0 saturated heterocycles. The van der Waals surface area contributed by atoms with Crippen LogP contribution in [-0.4, -0.2) is 16.7 Å². The maximum Gasteiger partial charge on any atom is 0.352 e. The highest BCUT2D eigenvalue weighted by Crippen LogP contribution is 2.43. The van der Waals surface area contributed by atoms with Gasteiger partial charge in [0.05, 0.1) is 29.4 Å². The van der Waals surface area contributed by atoms with Crippen LogP contribution in [0.5, 0.6) is 5.75 Å². The van der Waals surface area contributed by atoms with Crippen LogP contribution in [0.4, 0.5) is 0 Å². The third-order valence-corrected chi connectivity index (χ3v) is 4.79. The SMILES string of the molecule is COc1cc(C2CC2)cc2c1c(C)nc(=O)n2-c1ccccc1C. The molecular formula is C20H20N2O2. The minimum Gasteiger partial charge on any atom is -0.496 e. The van der Waals surface area contributed by atoms with Gasteiger partial charge in [0.1, 0.15) is 5.75 Å². The van der Waals surface area contributed by atoms with E-state index in [9.17, 15) is 4.79 Å². The van der Waals surface area contributed by atoms with Crippen LogP contribution in [-0.2, 0) is 0 Å². The van der Waals surface area contributed by atoms with Gasteiger partial charge < -0.3 is 4.74 Å². The summed E-state index contributed by atoms with van der Waals surface area (Å²) in [5.41, 5.74) is 4.50. The molecule has 1 saturated carbocycles. The molecule has 1 fully saturated rings. The Kier molecular flexibility index (Phi) is 3.41. The molecule has 0 unspecified atom stereocenters. The number of hydrogen-bond donors (Lipinski definition) is 0. The molecule has 1 aliphatic rings. The number of benzene rings is 2. The molecule has 0 atom stereocenters. The van der Waals surface area contributed by atoms with E-state index in [0.717, 1.165) is 27.9 Å². The standard InChI is InChI=1S/C20H20N2O2/c1-12-6-4-5-7-16(12)22-17-10-15(14-8-9-14)11-18(24-3)19(17)13(2)21-20(22)23/h4-7,10-11,14H,8-9H2,1-3H3. The fourth-order valence-corrected chi connectivity index (χ4v) is 3.37. The summed E-state index contributed by atoms with van der Waals surface area (Å²) in [5.74, 6) is 1.37. The van der Waals surface area contributed by atoms with Gasteiger partial charge in [0.25, 0.3) is 0 Å². The molecule has 0 spiro atoms. The maximum atomic E-state index is 12.7. The van der Waals surface area contributed by atoms with Gasteiger partial charge in [-0.05, 0) is 61.9 Å². The van der Waals surface area contributed by atoms with Crippen molar-refractivity contribution in [3.8, 4) is 11.4 Å². The molecule has 4 nitrogen and oxygen atoms in total. The minimum atomic E-state index is -0.246. The van der Waals surface area contributed by atoms with Crippen molar-refractivity contribution in [1.82, 2.24) is 9.55 Å². The Morgan fingerprint density at radius 1 is 1.17 bits per heavy atom. The van der Waals surface area contributed by atoms with E-state index in [1.165, 1.54) is 18.4 Å². The number of para-hydroxylation sites is 1. The van der Waals surface area contributed by atoms with Crippen LogP contribution in [0.25, 0.3) is 16.6 Å². The second-order valence-electron chi connectivity index (χ2n) is 6.49. The summed E-state index contributed by atoms with van der Waals surface area (Å²) in [6.07, 6.45) is 2.40. The molecule has 4 heteroatoms. The smallest absolute Gasteiger partial charge is 0.352 e. The third kappa shape index (κ3) is 2.30. The Morgan fingerprint density at radius 3 is 2.58 bits per heavy atom. The summed E-state index contributed by atoms with van der Waals surface area (Å²) in [6, 6.07) is 12.1. The van der Waals surface area contributed by atoms with E-state index in [1.54, 1.807) is 11.7 Å². The first-order valence-corrected chi connectivity index (χ1v) is 8.27. The Hall–Kier alpha value is -2.62. The number of aryl methyl sites for hydroxylation is 2. The van der Waals surface area contributed by atoms with Gasteiger partial charge in [0.2, 0.25) is 0 Å². The highest BCUT2D eigenvalue weighted by molar-refractivity contribution is 5.89. The van der Waals surface area contributed by atoms with Gasteiger partial charge in [0.15, 0.2) is 0 Å². The fraction of sp³-hybridized carbons (Fsp3) is 0.300. The molecule has 1 heterocycles. The van der Waals surface area contributed by atoms with Crippen molar-refractivity contribution in [3.05, 3.63) is 63.7 Å². The molecule has 24 heavy (non-hydrogen) atoms. The van der Waals surface area contributed by atoms with E-state index in [0.29, 0.717) is 11.6 Å². The lowest BCUT2D eigenvalue weighted by molar-refractivity contribution is 0.419. The van der Waals surface area contributed by atoms with E-state index in [-0.39, 0.29) is 5.69 Å². The Bertz CT molecular complexity index is 1000. The summed E-state index contributed by atoms with van der Waals surface area (Å²) < 4.78 is 7.35. The summed E-state index contributed by atoms with van der Waals surface area (Å²) in [5, 5.41) is 0.907. The molecule has 0 aliphatic heterocycles. The van der Waals surface area contributed by atoms with Gasteiger partial charge in [0, 0.05) is 0 Å². The normalized spacial score (nSPS) is 14.1. The van der Waals surface area contributed by atoms with Crippen molar-refractivity contribution in [2.75, 3.05) is 7.11 Å². The average Bonchev–Trinajstić information content (AvgIpc) is 3.40. The van der Waals surface area contributed by atoms with Crippen LogP contribution in [0.1, 0.15) is 35.6 Å². The Labute approximate surface area is 140 Å². The molecule has 0 N–H and O–H groups in total. The lowest BCUT2D eigenvalue weighted by Crippen LogP contribution is -2.23. The van der Waals surface area contributed by atoms with Gasteiger partial charge in [-0.2, -0.15) is 4.98 Å². The van der Waals surface area contributed by atoms with E-state index in [1.807, 2.05) is 38.1 Å². The first kappa shape index (κ1) is 14.9. The van der Waals surface area contributed by atoms with E-state index in [4.69, 9.17) is 4.74 Å². The lowest BCUT2D eigenvalue weighted by atomic mass is 10.0. The number of methoxy groups -OCH3 is 1. The molecule has 0 bridgehead atoms. The number of aromatic nitrogens is 2. The van der Waals surface area contributed by atoms with Crippen molar-refractivity contribution >= 4 is 10.9 Å². The largest absolute Gasteiger partial charge is 0.496 e. The van der Waals surface area contributed by atoms with Gasteiger partial charge in [-0.25, -0.2) is 4.79 Å². The van der Waals surface area contributed by atoms with Crippen LogP contribution in [0, 0.1) is 13.8 Å². The number of hydrogen-bond acceptors (Lipinski definition) is 3. The highest BCUT2D eigenvalue weighted by Gasteiger charge is 2.26. The Balaban J connectivity index is 2.15. The van der Waals surface area contributed by atoms with E-state index < -0.39 is 0 Å². The average molecular weight is 320 g/mol. The maximum absolute atomic E-state index is 12.7. The summed E-state index contributed by atoms with van der Waals surface area (Å²) in [7, 11) is 1.67. The summed E-state index contributed by atoms with van der Waals surface area (Å²) >= 11 is 0. The predicted octanol–water partition coefficient (Wildman–Crippen LogP) is 3.89. The molecule has 3 aromatic rings. The monoisotopic (exact) mass is 320 g/mol. The Morgan fingerprint density at radius 2 is 1.92 bits per heavy atom. The molecule has 2 aromatic carbocycles. The summed E-state index contributed by atoms with van der Waals surface area (Å²) in [6.45, 7) is 3.88. The quantitative estimate of drug-likeness (QED) is 0.735. The van der Waals surface area contributed by atoms with Crippen molar-refractivity contribution < 1.29 is 4.74 Å². The molecule has 122 valence electrons. The van der Waals surface area contributed by atoms with E-state index >= 15 is 0 Å². The van der Waals surface area contributed by atoms with Gasteiger partial charge in [-0.15, -0.1) is 0 Å². The minimum absolute atomic E-state index is 0.246. The first-order valence-electron chi connectivity index (χ1n) is 8.27. The lowest BCUT2D eigenvalue weighted by Gasteiger charge is -2.16. The van der Waals surface area contributed by atoms with Crippen LogP contribution < -0.4 is 10.4 Å². The molecule has 0 radical (unpaired) electrons. The second-order valence-corrected chi connectivity index (χ2v) is 6.49. The van der Waals surface area contributed by atoms with Gasteiger partial charge in [-0.1, -0.05) is 18.2 Å². The van der Waals surface area contributed by atoms with Crippen LogP contribution in [0.15, 0.2) is 41.2 Å². The third-order valence-electron chi connectivity index (χ3n) is 4.79. The molecule has 4 rings (SSSR count). The molecule has 1 aromatic heterocycles. The number of nitrogens with zero attached hydrogens (tertiary/aromatic N) is 2. The zero-order valence-electron chi connectivity index (χ0n) is 14.2. The van der Waals surface area contributed by atoms with Gasteiger partial charge in [-0.3, -0.25) is 4.57 Å². The van der Waals surface area contributed by atoms with E-state index in [2.05, 4.69) is 17.1 Å². The predicted molar refractivity (Wildman–Crippen MR) is 95.3 cm³/mol. The molecule has 1 aliphatic carbocycles. The number of rotatable bonds is 3. The van der Waals surface area contributed by atoms with Crippen molar-refractivity contribution in [2.24, 2.45) is 0 Å². The number of ether oxygens (including phenoxy) is 1. The zero-order valence-corrected chi connectivity index (χ0v) is 14.2. The van der Waals surface area contributed by atoms with Crippen molar-refractivity contribution in [2.45, 2.75) is 32.6 Å². The summed E-state index contributed by atoms with van der Waals surface area (Å²) in [4.78, 5) is 17.0.